The molecule has 0 aliphatic carbocycles. The highest BCUT2D eigenvalue weighted by atomic mass is 16.5. The molecule has 37 heavy (non-hydrogen) atoms. The molecule has 0 saturated carbocycles. The number of anilines is 1. The van der Waals surface area contributed by atoms with Crippen LogP contribution in [0.3, 0.4) is 0 Å². The minimum Gasteiger partial charge on any atom is -0.504 e. The van der Waals surface area contributed by atoms with E-state index < -0.39 is 5.91 Å². The predicted octanol–water partition coefficient (Wildman–Crippen LogP) is 3.44. The van der Waals surface area contributed by atoms with E-state index in [0.717, 1.165) is 11.3 Å². The summed E-state index contributed by atoms with van der Waals surface area (Å²) in [5, 5.41) is 26.7. The molecule has 5 aromatic rings. The van der Waals surface area contributed by atoms with Gasteiger partial charge in [-0.2, -0.15) is 9.78 Å². The summed E-state index contributed by atoms with van der Waals surface area (Å²) >= 11 is 0. The van der Waals surface area contributed by atoms with Gasteiger partial charge in [-0.15, -0.1) is 0 Å². The summed E-state index contributed by atoms with van der Waals surface area (Å²) in [5.41, 5.74) is 10.0. The summed E-state index contributed by atoms with van der Waals surface area (Å²) in [6, 6.07) is 19.2. The van der Waals surface area contributed by atoms with Crippen molar-refractivity contribution >= 4 is 40.1 Å². The Morgan fingerprint density at radius 1 is 1.05 bits per heavy atom. The number of aromatic hydroxyl groups is 2. The lowest BCUT2D eigenvalue weighted by atomic mass is 10.1. The van der Waals surface area contributed by atoms with E-state index in [0.29, 0.717) is 40.7 Å². The largest absolute Gasteiger partial charge is 0.504 e. The quantitative estimate of drug-likeness (QED) is 0.199. The van der Waals surface area contributed by atoms with Crippen LogP contribution in [0.25, 0.3) is 22.2 Å². The number of phenols is 2. The van der Waals surface area contributed by atoms with Crippen LogP contribution in [0.1, 0.15) is 21.5 Å². The Labute approximate surface area is 211 Å². The molecule has 5 rings (SSSR count). The molecular formula is C27H24N6O4. The van der Waals surface area contributed by atoms with Gasteiger partial charge in [-0.1, -0.05) is 24.3 Å². The smallest absolute Gasteiger partial charge is 0.257 e. The van der Waals surface area contributed by atoms with Crippen molar-refractivity contribution in [3.63, 3.8) is 0 Å². The maximum Gasteiger partial charge on any atom is 0.257 e. The van der Waals surface area contributed by atoms with Gasteiger partial charge in [-0.3, -0.25) is 4.79 Å². The third-order valence-corrected chi connectivity index (χ3v) is 5.88. The van der Waals surface area contributed by atoms with E-state index in [1.54, 1.807) is 13.2 Å². The van der Waals surface area contributed by atoms with Crippen molar-refractivity contribution in [3.05, 3.63) is 83.4 Å². The van der Waals surface area contributed by atoms with E-state index in [-0.39, 0.29) is 22.9 Å². The average Bonchev–Trinajstić information content (AvgIpc) is 3.18. The zero-order valence-corrected chi connectivity index (χ0v) is 19.9. The van der Waals surface area contributed by atoms with Crippen LogP contribution in [-0.2, 0) is 6.42 Å². The molecule has 3 aromatic carbocycles. The van der Waals surface area contributed by atoms with E-state index in [4.69, 9.17) is 10.5 Å². The number of hydrogen-bond donors (Lipinski definition) is 4. The highest BCUT2D eigenvalue weighted by molar-refractivity contribution is 6.10. The fraction of sp³-hybridized carbons (Fsp3) is 0.111. The van der Waals surface area contributed by atoms with Crippen LogP contribution in [0, 0.1) is 0 Å². The fourth-order valence-electron chi connectivity index (χ4n) is 3.93. The Bertz CT molecular complexity index is 1640. The van der Waals surface area contributed by atoms with E-state index in [1.807, 2.05) is 48.5 Å². The number of ether oxygens (including phenoxy) is 1. The number of rotatable bonds is 7. The number of nitrogens with zero attached hydrogens (tertiary/aromatic N) is 4. The van der Waals surface area contributed by atoms with Crippen LogP contribution in [0.5, 0.6) is 17.2 Å². The van der Waals surface area contributed by atoms with Crippen LogP contribution in [0.15, 0.2) is 71.8 Å². The first-order valence-corrected chi connectivity index (χ1v) is 11.5. The van der Waals surface area contributed by atoms with Crippen molar-refractivity contribution in [2.75, 3.05) is 19.4 Å². The number of aromatic nitrogens is 3. The number of amides is 1. The highest BCUT2D eigenvalue weighted by Crippen LogP contribution is 2.28. The average molecular weight is 497 g/mol. The molecule has 0 radical (unpaired) electrons. The number of para-hydroxylation sites is 2. The molecule has 0 spiro atoms. The van der Waals surface area contributed by atoms with Crippen molar-refractivity contribution in [2.24, 2.45) is 5.10 Å². The lowest BCUT2D eigenvalue weighted by Gasteiger charge is -2.06. The van der Waals surface area contributed by atoms with Gasteiger partial charge in [0.15, 0.2) is 17.1 Å². The molecule has 10 nitrogen and oxygen atoms in total. The van der Waals surface area contributed by atoms with Crippen LogP contribution in [0.4, 0.5) is 5.82 Å². The van der Waals surface area contributed by atoms with Crippen LogP contribution in [-0.4, -0.2) is 50.6 Å². The molecule has 0 fully saturated rings. The predicted molar refractivity (Wildman–Crippen MR) is 141 cm³/mol. The second-order valence-corrected chi connectivity index (χ2v) is 8.30. The van der Waals surface area contributed by atoms with Gasteiger partial charge in [-0.25, -0.2) is 9.97 Å². The number of fused-ring (bicyclic) bond motifs is 2. The van der Waals surface area contributed by atoms with Crippen molar-refractivity contribution in [3.8, 4) is 17.2 Å². The molecule has 0 aliphatic rings. The molecule has 0 atom stereocenters. The Hall–Kier alpha value is -5.12. The van der Waals surface area contributed by atoms with Crippen molar-refractivity contribution in [1.82, 2.24) is 20.0 Å². The van der Waals surface area contributed by atoms with Crippen molar-refractivity contribution in [2.45, 2.75) is 6.42 Å². The molecule has 0 aliphatic heterocycles. The zero-order valence-electron chi connectivity index (χ0n) is 19.9. The van der Waals surface area contributed by atoms with Gasteiger partial charge in [0.1, 0.15) is 22.6 Å². The summed E-state index contributed by atoms with van der Waals surface area (Å²) in [7, 11) is 1.61. The molecule has 186 valence electrons. The van der Waals surface area contributed by atoms with Crippen LogP contribution < -0.4 is 15.8 Å². The Kier molecular flexibility index (Phi) is 6.29. The lowest BCUT2D eigenvalue weighted by Crippen LogP contribution is -2.26. The summed E-state index contributed by atoms with van der Waals surface area (Å²) in [6.45, 7) is 0.383. The van der Waals surface area contributed by atoms with E-state index in [2.05, 4.69) is 20.4 Å². The number of carbonyl (C=O) groups is 1. The molecule has 0 saturated heterocycles. The van der Waals surface area contributed by atoms with Gasteiger partial charge < -0.3 is 26.0 Å². The van der Waals surface area contributed by atoms with Crippen LogP contribution >= 0.6 is 0 Å². The van der Waals surface area contributed by atoms with E-state index >= 15 is 0 Å². The lowest BCUT2D eigenvalue weighted by molar-refractivity contribution is 0.0956. The fourth-order valence-corrected chi connectivity index (χ4v) is 3.93. The maximum absolute atomic E-state index is 13.3. The number of nitrogen functional groups attached to an aromatic ring is 1. The summed E-state index contributed by atoms with van der Waals surface area (Å²) < 4.78 is 6.53. The first-order valence-electron chi connectivity index (χ1n) is 11.5. The van der Waals surface area contributed by atoms with Gasteiger partial charge in [0.25, 0.3) is 5.91 Å². The summed E-state index contributed by atoms with van der Waals surface area (Å²) in [5.74, 6) is -0.0726. The minimum absolute atomic E-state index is 0.0755. The van der Waals surface area contributed by atoms with E-state index in [1.165, 1.54) is 23.0 Å². The highest BCUT2D eigenvalue weighted by Gasteiger charge is 2.24. The first-order chi connectivity index (χ1) is 17.9. The second-order valence-electron chi connectivity index (χ2n) is 8.30. The van der Waals surface area contributed by atoms with Gasteiger partial charge in [0.2, 0.25) is 0 Å². The molecule has 1 amide bonds. The Morgan fingerprint density at radius 3 is 2.49 bits per heavy atom. The number of phenolic OH excluding ortho intramolecular Hbond substituents is 2. The minimum atomic E-state index is -0.392. The van der Waals surface area contributed by atoms with Gasteiger partial charge >= 0.3 is 0 Å². The number of hydrogen-bond acceptors (Lipinski definition) is 8. The molecule has 10 heteroatoms. The normalized spacial score (nSPS) is 11.4. The van der Waals surface area contributed by atoms with Crippen LogP contribution in [0.2, 0.25) is 0 Å². The van der Waals surface area contributed by atoms with E-state index in [9.17, 15) is 15.0 Å². The van der Waals surface area contributed by atoms with Gasteiger partial charge in [-0.05, 0) is 60.0 Å². The van der Waals surface area contributed by atoms with Crippen molar-refractivity contribution in [1.29, 1.82) is 0 Å². The second kappa shape index (κ2) is 9.86. The molecule has 2 heterocycles. The number of carbonyl (C=O) groups excluding carboxylic acids is 1. The molecule has 0 unspecified atom stereocenters. The number of nitrogens with two attached hydrogens (primary N) is 1. The van der Waals surface area contributed by atoms with Crippen molar-refractivity contribution < 1.29 is 19.7 Å². The molecule has 5 N–H and O–H groups in total. The topological polar surface area (TPSA) is 148 Å². The molecule has 2 aromatic heterocycles. The SMILES string of the molecule is COc1ccc(CCNC(=O)c2c(N)n(/N=C\c3ccc(O)c(O)c3)c3nc4ccccc4nc23)cc1. The number of nitrogens with one attached hydrogen (secondary N) is 1. The van der Waals surface area contributed by atoms with Gasteiger partial charge in [0, 0.05) is 6.54 Å². The number of benzene rings is 3. The zero-order chi connectivity index (χ0) is 25.9. The molecular weight excluding hydrogens is 472 g/mol. The maximum atomic E-state index is 13.3. The van der Waals surface area contributed by atoms with Gasteiger partial charge in [0.05, 0.1) is 24.4 Å². The summed E-state index contributed by atoms with van der Waals surface area (Å²) in [6.07, 6.45) is 2.06. The summed E-state index contributed by atoms with van der Waals surface area (Å²) in [4.78, 5) is 22.6. The first kappa shape index (κ1) is 23.6. The Balaban J connectivity index is 1.49. The monoisotopic (exact) mass is 496 g/mol. The third kappa shape index (κ3) is 4.72. The standard InChI is InChI=1S/C27H24N6O4/c1-37-18-9-6-16(7-10-18)12-13-29-27(36)23-24-26(32-20-5-3-2-4-19(20)31-24)33(25(23)28)30-15-17-8-11-21(34)22(35)14-17/h2-11,14-15,34-35H,12-13,28H2,1H3,(H,29,36)/b30-15-. The Morgan fingerprint density at radius 2 is 1.78 bits per heavy atom. The third-order valence-electron chi connectivity index (χ3n) is 5.88. The molecule has 0 bridgehead atoms. The number of methoxy groups -OCH3 is 1.